The van der Waals surface area contributed by atoms with Gasteiger partial charge in [0.15, 0.2) is 0 Å². The Morgan fingerprint density at radius 2 is 2.21 bits per heavy atom. The van der Waals surface area contributed by atoms with Crippen LogP contribution < -0.4 is 5.32 Å². The Kier molecular flexibility index (Phi) is 4.49. The SMILES string of the molecule is O=C(Nc1cccs1)OC1C2CCN(CC2)C1Cc1cccnc1. The molecule has 126 valence electrons. The van der Waals surface area contributed by atoms with Crippen molar-refractivity contribution in [2.75, 3.05) is 18.4 Å². The molecule has 1 N–H and O–H groups in total. The topological polar surface area (TPSA) is 54.5 Å². The van der Waals surface area contributed by atoms with E-state index in [2.05, 4.69) is 21.3 Å². The Bertz CT molecular complexity index is 669. The second kappa shape index (κ2) is 6.91. The van der Waals surface area contributed by atoms with Crippen LogP contribution in [-0.2, 0) is 11.2 Å². The van der Waals surface area contributed by atoms with Gasteiger partial charge in [0.05, 0.1) is 11.0 Å². The van der Waals surface area contributed by atoms with Crippen molar-refractivity contribution in [2.45, 2.75) is 31.4 Å². The van der Waals surface area contributed by atoms with Gasteiger partial charge in [0.25, 0.3) is 0 Å². The second-order valence-corrected chi connectivity index (χ2v) is 7.43. The molecule has 2 atom stereocenters. The fraction of sp³-hybridized carbons (Fsp3) is 0.444. The monoisotopic (exact) mass is 343 g/mol. The average molecular weight is 343 g/mol. The third-order valence-corrected chi connectivity index (χ3v) is 5.83. The number of carbonyl (C=O) groups is 1. The zero-order chi connectivity index (χ0) is 16.4. The first-order valence-electron chi connectivity index (χ1n) is 8.44. The quantitative estimate of drug-likeness (QED) is 0.924. The maximum absolute atomic E-state index is 12.3. The maximum Gasteiger partial charge on any atom is 0.412 e. The van der Waals surface area contributed by atoms with E-state index < -0.39 is 0 Å². The van der Waals surface area contributed by atoms with Gasteiger partial charge in [-0.3, -0.25) is 15.2 Å². The zero-order valence-corrected chi connectivity index (χ0v) is 14.2. The number of piperidine rings is 3. The largest absolute Gasteiger partial charge is 0.444 e. The fourth-order valence-electron chi connectivity index (χ4n) is 3.89. The highest BCUT2D eigenvalue weighted by Gasteiger charge is 2.44. The van der Waals surface area contributed by atoms with E-state index in [0.717, 1.165) is 37.4 Å². The summed E-state index contributed by atoms with van der Waals surface area (Å²) in [6.45, 7) is 2.20. The Morgan fingerprint density at radius 3 is 2.92 bits per heavy atom. The van der Waals surface area contributed by atoms with E-state index >= 15 is 0 Å². The van der Waals surface area contributed by atoms with Gasteiger partial charge in [-0.05, 0) is 61.5 Å². The van der Waals surface area contributed by atoms with E-state index in [4.69, 9.17) is 4.74 Å². The number of ether oxygens (including phenoxy) is 1. The standard InChI is InChI=1S/C18H21N3O2S/c22-18(20-16-4-2-10-24-16)23-17-14-5-8-21(9-6-14)15(17)11-13-3-1-7-19-12-13/h1-4,7,10,12,14-15,17H,5-6,8-9,11H2,(H,20,22). The molecule has 24 heavy (non-hydrogen) atoms. The van der Waals surface area contributed by atoms with Gasteiger partial charge in [0, 0.05) is 18.3 Å². The van der Waals surface area contributed by atoms with E-state index in [9.17, 15) is 4.79 Å². The first-order chi connectivity index (χ1) is 11.8. The molecule has 3 aliphatic heterocycles. The molecule has 5 heterocycles. The van der Waals surface area contributed by atoms with Crippen LogP contribution in [0.25, 0.3) is 0 Å². The minimum atomic E-state index is -0.340. The lowest BCUT2D eigenvalue weighted by molar-refractivity contribution is -0.0741. The molecular formula is C18H21N3O2S. The van der Waals surface area contributed by atoms with Crippen molar-refractivity contribution in [1.29, 1.82) is 0 Å². The fourth-order valence-corrected chi connectivity index (χ4v) is 4.49. The van der Waals surface area contributed by atoms with Crippen LogP contribution in [0, 0.1) is 5.92 Å². The van der Waals surface area contributed by atoms with Crippen molar-refractivity contribution in [2.24, 2.45) is 5.92 Å². The highest BCUT2D eigenvalue weighted by Crippen LogP contribution is 2.36. The van der Waals surface area contributed by atoms with Crippen molar-refractivity contribution in [3.63, 3.8) is 0 Å². The van der Waals surface area contributed by atoms with Crippen molar-refractivity contribution in [3.05, 3.63) is 47.6 Å². The van der Waals surface area contributed by atoms with Crippen molar-refractivity contribution in [3.8, 4) is 0 Å². The van der Waals surface area contributed by atoms with Crippen LogP contribution in [0.3, 0.4) is 0 Å². The van der Waals surface area contributed by atoms with E-state index in [1.807, 2.05) is 29.8 Å². The summed E-state index contributed by atoms with van der Waals surface area (Å²) < 4.78 is 5.88. The number of carbonyl (C=O) groups excluding carboxylic acids is 1. The van der Waals surface area contributed by atoms with Crippen LogP contribution in [0.5, 0.6) is 0 Å². The molecule has 3 saturated heterocycles. The van der Waals surface area contributed by atoms with E-state index in [1.165, 1.54) is 16.9 Å². The van der Waals surface area contributed by atoms with Crippen molar-refractivity contribution < 1.29 is 9.53 Å². The molecule has 0 saturated carbocycles. The van der Waals surface area contributed by atoms with Gasteiger partial charge in [-0.1, -0.05) is 6.07 Å². The Hall–Kier alpha value is -1.92. The molecule has 5 rings (SSSR count). The average Bonchev–Trinajstić information content (AvgIpc) is 3.11. The molecular weight excluding hydrogens is 322 g/mol. The van der Waals surface area contributed by atoms with Crippen LogP contribution in [-0.4, -0.2) is 41.2 Å². The number of anilines is 1. The zero-order valence-electron chi connectivity index (χ0n) is 13.4. The molecule has 1 amide bonds. The van der Waals surface area contributed by atoms with Crippen molar-refractivity contribution >= 4 is 22.4 Å². The number of nitrogens with zero attached hydrogens (tertiary/aromatic N) is 2. The molecule has 6 heteroatoms. The molecule has 2 aromatic rings. The molecule has 5 nitrogen and oxygen atoms in total. The summed E-state index contributed by atoms with van der Waals surface area (Å²) in [5, 5.41) is 5.60. The number of rotatable bonds is 4. The number of hydrogen-bond donors (Lipinski definition) is 1. The lowest BCUT2D eigenvalue weighted by Crippen LogP contribution is -2.60. The number of fused-ring (bicyclic) bond motifs is 3. The van der Waals surface area contributed by atoms with Crippen LogP contribution in [0.1, 0.15) is 18.4 Å². The van der Waals surface area contributed by atoms with Gasteiger partial charge >= 0.3 is 6.09 Å². The molecule has 3 aliphatic rings. The number of thiophene rings is 1. The second-order valence-electron chi connectivity index (χ2n) is 6.48. The molecule has 2 aromatic heterocycles. The summed E-state index contributed by atoms with van der Waals surface area (Å²) in [5.41, 5.74) is 1.20. The lowest BCUT2D eigenvalue weighted by atomic mass is 9.78. The van der Waals surface area contributed by atoms with Gasteiger partial charge in [-0.2, -0.15) is 0 Å². The minimum Gasteiger partial charge on any atom is -0.444 e. The highest BCUT2D eigenvalue weighted by atomic mass is 32.1. The lowest BCUT2D eigenvalue weighted by Gasteiger charge is -2.50. The summed E-state index contributed by atoms with van der Waals surface area (Å²) in [6, 6.07) is 8.11. The summed E-state index contributed by atoms with van der Waals surface area (Å²) in [7, 11) is 0. The van der Waals surface area contributed by atoms with Gasteiger partial charge in [0.2, 0.25) is 0 Å². The third-order valence-electron chi connectivity index (χ3n) is 5.04. The number of amides is 1. The van der Waals surface area contributed by atoms with E-state index in [0.29, 0.717) is 5.92 Å². The minimum absolute atomic E-state index is 0.0485. The predicted molar refractivity (Wildman–Crippen MR) is 94.2 cm³/mol. The van der Waals surface area contributed by atoms with Gasteiger partial charge < -0.3 is 4.74 Å². The van der Waals surface area contributed by atoms with Gasteiger partial charge in [0.1, 0.15) is 6.10 Å². The molecule has 2 unspecified atom stereocenters. The van der Waals surface area contributed by atoms with E-state index in [-0.39, 0.29) is 18.2 Å². The summed E-state index contributed by atoms with van der Waals surface area (Å²) in [4.78, 5) is 19.0. The molecule has 0 spiro atoms. The van der Waals surface area contributed by atoms with Gasteiger partial charge in [-0.25, -0.2) is 4.79 Å². The first kappa shape index (κ1) is 15.6. The van der Waals surface area contributed by atoms with E-state index in [1.54, 1.807) is 6.20 Å². The Morgan fingerprint density at radius 1 is 1.33 bits per heavy atom. The summed E-state index contributed by atoms with van der Waals surface area (Å²) in [5.74, 6) is 0.464. The van der Waals surface area contributed by atoms with Crippen LogP contribution in [0.15, 0.2) is 42.0 Å². The third kappa shape index (κ3) is 3.30. The molecule has 2 bridgehead atoms. The molecule has 3 fully saturated rings. The van der Waals surface area contributed by atoms with Crippen molar-refractivity contribution in [1.82, 2.24) is 9.88 Å². The number of aromatic nitrogens is 1. The number of nitrogens with one attached hydrogen (secondary N) is 1. The first-order valence-corrected chi connectivity index (χ1v) is 9.31. The normalized spacial score (nSPS) is 28.5. The highest BCUT2D eigenvalue weighted by molar-refractivity contribution is 7.14. The Balaban J connectivity index is 1.47. The van der Waals surface area contributed by atoms with Gasteiger partial charge in [-0.15, -0.1) is 11.3 Å². The molecule has 0 aliphatic carbocycles. The number of hydrogen-bond acceptors (Lipinski definition) is 5. The predicted octanol–water partition coefficient (Wildman–Crippen LogP) is 3.40. The smallest absolute Gasteiger partial charge is 0.412 e. The summed E-state index contributed by atoms with van der Waals surface area (Å²) >= 11 is 1.50. The summed E-state index contributed by atoms with van der Waals surface area (Å²) in [6.07, 6.45) is 6.41. The maximum atomic E-state index is 12.3. The van der Waals surface area contributed by atoms with Crippen LogP contribution in [0.2, 0.25) is 0 Å². The Labute approximate surface area is 145 Å². The van der Waals surface area contributed by atoms with Crippen LogP contribution in [0.4, 0.5) is 9.80 Å². The molecule has 0 radical (unpaired) electrons. The number of pyridine rings is 1. The molecule has 0 aromatic carbocycles. The van der Waals surface area contributed by atoms with Crippen LogP contribution >= 0.6 is 11.3 Å².